The minimum atomic E-state index is -1.12. The van der Waals surface area contributed by atoms with Crippen molar-refractivity contribution in [3.8, 4) is 0 Å². The van der Waals surface area contributed by atoms with E-state index < -0.39 is 48.9 Å². The first-order valence-electron chi connectivity index (χ1n) is 9.49. The third-order valence-electron chi connectivity index (χ3n) is 5.03. The molecule has 0 aromatic heterocycles. The topological polar surface area (TPSA) is 89.5 Å². The van der Waals surface area contributed by atoms with Gasteiger partial charge in [0.1, 0.15) is 12.2 Å². The van der Waals surface area contributed by atoms with Gasteiger partial charge in [-0.3, -0.25) is 0 Å². The SMILES string of the molecule is COC(=O)[C@@H]1O[C@H](c2ccccc2)O[C@H]2[C@@H]1O[C@@H](c1ccccc1)O[C@H]2C(=O)OC. The molecule has 2 aliphatic rings. The molecule has 6 atom stereocenters. The van der Waals surface area contributed by atoms with Crippen molar-refractivity contribution < 1.29 is 38.0 Å². The number of hydrogen-bond donors (Lipinski definition) is 0. The summed E-state index contributed by atoms with van der Waals surface area (Å²) in [5.41, 5.74) is 1.36. The zero-order valence-corrected chi connectivity index (χ0v) is 16.5. The molecule has 0 bridgehead atoms. The van der Waals surface area contributed by atoms with Crippen LogP contribution in [0.25, 0.3) is 0 Å². The number of carbonyl (C=O) groups is 2. The molecule has 0 radical (unpaired) electrons. The number of benzene rings is 2. The normalized spacial score (nSPS) is 30.7. The minimum absolute atomic E-state index is 0.633. The fraction of sp³-hybridized carbons (Fsp3) is 0.364. The predicted octanol–water partition coefficient (Wildman–Crippen LogP) is 2.30. The maximum absolute atomic E-state index is 12.5. The van der Waals surface area contributed by atoms with Crippen LogP contribution in [0, 0.1) is 0 Å². The zero-order chi connectivity index (χ0) is 21.1. The summed E-state index contributed by atoms with van der Waals surface area (Å²) >= 11 is 0. The van der Waals surface area contributed by atoms with Crippen molar-refractivity contribution in [2.24, 2.45) is 0 Å². The van der Waals surface area contributed by atoms with E-state index in [1.165, 1.54) is 14.2 Å². The standard InChI is InChI=1S/C22H22O8/c1-25-19(23)17-15-16(28-21(29-17)13-9-5-3-6-10-13)18(20(24)26-2)30-22(27-15)14-11-7-4-8-12-14/h3-12,15-18,21-22H,1-2H3/t15-,16-,17+,18+,21+,22+/m0/s1. The van der Waals surface area contributed by atoms with Crippen molar-refractivity contribution in [1.29, 1.82) is 0 Å². The van der Waals surface area contributed by atoms with Crippen LogP contribution in [-0.4, -0.2) is 50.6 Å². The van der Waals surface area contributed by atoms with E-state index in [-0.39, 0.29) is 0 Å². The van der Waals surface area contributed by atoms with E-state index in [1.54, 1.807) is 24.3 Å². The Balaban J connectivity index is 1.70. The molecular weight excluding hydrogens is 392 g/mol. The first kappa shape index (κ1) is 20.5. The Morgan fingerprint density at radius 1 is 0.633 bits per heavy atom. The summed E-state index contributed by atoms with van der Waals surface area (Å²) in [7, 11) is 2.53. The number of rotatable bonds is 4. The Morgan fingerprint density at radius 2 is 1.00 bits per heavy atom. The Morgan fingerprint density at radius 3 is 1.33 bits per heavy atom. The smallest absolute Gasteiger partial charge is 0.337 e. The molecule has 0 saturated carbocycles. The Labute approximate surface area is 173 Å². The number of hydrogen-bond acceptors (Lipinski definition) is 8. The molecule has 0 spiro atoms. The molecule has 2 aromatic carbocycles. The average molecular weight is 414 g/mol. The molecule has 2 aromatic rings. The van der Waals surface area contributed by atoms with Crippen molar-refractivity contribution >= 4 is 11.9 Å². The second-order valence-electron chi connectivity index (χ2n) is 6.85. The number of methoxy groups -OCH3 is 2. The van der Waals surface area contributed by atoms with Crippen LogP contribution >= 0.6 is 0 Å². The second kappa shape index (κ2) is 8.93. The molecule has 0 N–H and O–H groups in total. The lowest BCUT2D eigenvalue weighted by Gasteiger charge is -2.47. The number of carbonyl (C=O) groups excluding carboxylic acids is 2. The van der Waals surface area contributed by atoms with Crippen molar-refractivity contribution in [2.45, 2.75) is 37.0 Å². The highest BCUT2D eigenvalue weighted by Gasteiger charge is 2.55. The molecule has 2 aliphatic heterocycles. The molecule has 8 heteroatoms. The molecule has 2 heterocycles. The van der Waals surface area contributed by atoms with Crippen molar-refractivity contribution in [3.63, 3.8) is 0 Å². The van der Waals surface area contributed by atoms with E-state index in [0.717, 1.165) is 0 Å². The van der Waals surface area contributed by atoms with E-state index in [0.29, 0.717) is 11.1 Å². The van der Waals surface area contributed by atoms with Gasteiger partial charge < -0.3 is 28.4 Å². The third-order valence-corrected chi connectivity index (χ3v) is 5.03. The highest BCUT2D eigenvalue weighted by Crippen LogP contribution is 2.41. The van der Waals surface area contributed by atoms with Gasteiger partial charge in [-0.1, -0.05) is 60.7 Å². The van der Waals surface area contributed by atoms with Gasteiger partial charge in [0.25, 0.3) is 0 Å². The van der Waals surface area contributed by atoms with Gasteiger partial charge in [0, 0.05) is 11.1 Å². The van der Waals surface area contributed by atoms with E-state index in [1.807, 2.05) is 36.4 Å². The van der Waals surface area contributed by atoms with Gasteiger partial charge in [-0.2, -0.15) is 0 Å². The quantitative estimate of drug-likeness (QED) is 0.704. The van der Waals surface area contributed by atoms with Gasteiger partial charge in [0.15, 0.2) is 24.8 Å². The van der Waals surface area contributed by atoms with E-state index >= 15 is 0 Å². The van der Waals surface area contributed by atoms with Crippen LogP contribution in [0.5, 0.6) is 0 Å². The highest BCUT2D eigenvalue weighted by atomic mass is 16.8. The monoisotopic (exact) mass is 414 g/mol. The minimum Gasteiger partial charge on any atom is -0.467 e. The Bertz CT molecular complexity index is 798. The fourth-order valence-electron chi connectivity index (χ4n) is 3.56. The maximum atomic E-state index is 12.5. The van der Waals surface area contributed by atoms with Gasteiger partial charge in [0.05, 0.1) is 14.2 Å². The number of esters is 2. The Kier molecular flexibility index (Phi) is 6.10. The van der Waals surface area contributed by atoms with Crippen LogP contribution in [0.3, 0.4) is 0 Å². The van der Waals surface area contributed by atoms with Gasteiger partial charge in [-0.05, 0) is 0 Å². The van der Waals surface area contributed by atoms with Crippen LogP contribution in [0.2, 0.25) is 0 Å². The molecule has 0 unspecified atom stereocenters. The summed E-state index contributed by atoms with van der Waals surface area (Å²) in [5.74, 6) is -1.27. The van der Waals surface area contributed by atoms with Crippen LogP contribution in [0.15, 0.2) is 60.7 Å². The van der Waals surface area contributed by atoms with Gasteiger partial charge in [-0.25, -0.2) is 9.59 Å². The number of fused-ring (bicyclic) bond motifs is 1. The fourth-order valence-corrected chi connectivity index (χ4v) is 3.56. The molecule has 8 nitrogen and oxygen atoms in total. The average Bonchev–Trinajstić information content (AvgIpc) is 2.82. The molecule has 158 valence electrons. The molecular formula is C22H22O8. The van der Waals surface area contributed by atoms with E-state index in [2.05, 4.69) is 0 Å². The van der Waals surface area contributed by atoms with Crippen LogP contribution < -0.4 is 0 Å². The first-order chi connectivity index (χ1) is 14.6. The third kappa shape index (κ3) is 3.95. The van der Waals surface area contributed by atoms with Gasteiger partial charge in [0.2, 0.25) is 0 Å². The molecule has 0 amide bonds. The molecule has 30 heavy (non-hydrogen) atoms. The molecule has 0 aliphatic carbocycles. The largest absolute Gasteiger partial charge is 0.467 e. The lowest BCUT2D eigenvalue weighted by molar-refractivity contribution is -0.374. The summed E-state index contributed by atoms with van der Waals surface area (Å²) in [6, 6.07) is 18.2. The maximum Gasteiger partial charge on any atom is 0.337 e. The van der Waals surface area contributed by atoms with Crippen LogP contribution in [-0.2, 0) is 38.0 Å². The molecule has 4 rings (SSSR count). The Hall–Kier alpha value is -2.78. The zero-order valence-electron chi connectivity index (χ0n) is 16.5. The lowest BCUT2D eigenvalue weighted by Crippen LogP contribution is -2.62. The second-order valence-corrected chi connectivity index (χ2v) is 6.85. The van der Waals surface area contributed by atoms with Crippen molar-refractivity contribution in [3.05, 3.63) is 71.8 Å². The van der Waals surface area contributed by atoms with Crippen LogP contribution in [0.4, 0.5) is 0 Å². The molecule has 2 fully saturated rings. The van der Waals surface area contributed by atoms with Gasteiger partial charge in [-0.15, -0.1) is 0 Å². The summed E-state index contributed by atoms with van der Waals surface area (Å²) in [5, 5.41) is 0. The van der Waals surface area contributed by atoms with Crippen molar-refractivity contribution in [1.82, 2.24) is 0 Å². The first-order valence-corrected chi connectivity index (χ1v) is 9.49. The summed E-state index contributed by atoms with van der Waals surface area (Å²) in [6.45, 7) is 0. The van der Waals surface area contributed by atoms with Crippen LogP contribution in [0.1, 0.15) is 23.7 Å². The predicted molar refractivity (Wildman–Crippen MR) is 102 cm³/mol. The molecule has 2 saturated heterocycles. The summed E-state index contributed by atoms with van der Waals surface area (Å²) in [6.07, 6.45) is -5.96. The lowest BCUT2D eigenvalue weighted by atomic mass is 9.98. The van der Waals surface area contributed by atoms with Gasteiger partial charge >= 0.3 is 11.9 Å². The highest BCUT2D eigenvalue weighted by molar-refractivity contribution is 5.78. The van der Waals surface area contributed by atoms with E-state index in [9.17, 15) is 9.59 Å². The number of ether oxygens (including phenoxy) is 6. The van der Waals surface area contributed by atoms with Crippen molar-refractivity contribution in [2.75, 3.05) is 14.2 Å². The summed E-state index contributed by atoms with van der Waals surface area (Å²) in [4.78, 5) is 25.1. The van der Waals surface area contributed by atoms with E-state index in [4.69, 9.17) is 28.4 Å². The summed E-state index contributed by atoms with van der Waals surface area (Å²) < 4.78 is 33.8.